The number of benzene rings is 2. The van der Waals surface area contributed by atoms with Crippen LogP contribution in [0.1, 0.15) is 29.8 Å². The van der Waals surface area contributed by atoms with Crippen molar-refractivity contribution in [1.82, 2.24) is 5.16 Å². The molecule has 0 fully saturated rings. The second-order valence-corrected chi connectivity index (χ2v) is 9.03. The minimum atomic E-state index is -1.38. The molecule has 0 spiro atoms. The summed E-state index contributed by atoms with van der Waals surface area (Å²) in [6.45, 7) is 3.43. The van der Waals surface area contributed by atoms with Crippen LogP contribution in [0.25, 0.3) is 11.3 Å². The van der Waals surface area contributed by atoms with Gasteiger partial charge in [-0.1, -0.05) is 59.2 Å². The molecule has 0 aliphatic carbocycles. The Morgan fingerprint density at radius 1 is 1.18 bits per heavy atom. The van der Waals surface area contributed by atoms with Crippen molar-refractivity contribution in [2.75, 3.05) is 18.2 Å². The number of nitrogens with zero attached hydrogens (tertiary/aromatic N) is 1. The van der Waals surface area contributed by atoms with Crippen LogP contribution in [-0.4, -0.2) is 34.3 Å². The second kappa shape index (κ2) is 11.1. The summed E-state index contributed by atoms with van der Waals surface area (Å²) in [6.07, 6.45) is -1.24. The molecule has 3 rings (SSSR count). The lowest BCUT2D eigenvalue weighted by atomic mass is 10.1. The molecule has 10 heteroatoms. The van der Waals surface area contributed by atoms with Gasteiger partial charge in [0.2, 0.25) is 0 Å². The van der Waals surface area contributed by atoms with Crippen molar-refractivity contribution in [2.24, 2.45) is 0 Å². The Kier molecular flexibility index (Phi) is 8.24. The third-order valence-electron chi connectivity index (χ3n) is 4.77. The first-order valence-electron chi connectivity index (χ1n) is 9.98. The van der Waals surface area contributed by atoms with Crippen molar-refractivity contribution < 1.29 is 27.8 Å². The number of aryl methyl sites for hydroxylation is 1. The average Bonchev–Trinajstić information content (AvgIpc) is 3.14. The molecule has 1 amide bonds. The van der Waals surface area contributed by atoms with Gasteiger partial charge in [0.25, 0.3) is 0 Å². The second-order valence-electron chi connectivity index (χ2n) is 7.17. The van der Waals surface area contributed by atoms with E-state index >= 15 is 0 Å². The number of esters is 1. The molecule has 0 saturated carbocycles. The fourth-order valence-electron chi connectivity index (χ4n) is 3.05. The summed E-state index contributed by atoms with van der Waals surface area (Å²) in [4.78, 5) is 23.8. The van der Waals surface area contributed by atoms with Crippen molar-refractivity contribution in [3.63, 3.8) is 0 Å². The monoisotopic (exact) mass is 490 g/mol. The van der Waals surface area contributed by atoms with Crippen LogP contribution in [0.5, 0.6) is 0 Å². The number of carbonyl (C=O) groups excluding carboxylic acids is 2. The van der Waals surface area contributed by atoms with Gasteiger partial charge in [0.1, 0.15) is 23.2 Å². The number of methoxy groups -OCH3 is 1. The van der Waals surface area contributed by atoms with Gasteiger partial charge in [-0.15, -0.1) is 0 Å². The van der Waals surface area contributed by atoms with E-state index in [0.717, 1.165) is 5.56 Å². The first-order chi connectivity index (χ1) is 15.8. The molecule has 1 aromatic heterocycles. The van der Waals surface area contributed by atoms with Gasteiger partial charge in [-0.3, -0.25) is 14.3 Å². The van der Waals surface area contributed by atoms with Gasteiger partial charge in [0.05, 0.1) is 7.11 Å². The van der Waals surface area contributed by atoms with Gasteiger partial charge in [-0.05, 0) is 25.5 Å². The molecule has 0 bridgehead atoms. The van der Waals surface area contributed by atoms with Gasteiger partial charge in [0.15, 0.2) is 5.76 Å². The standard InChI is InChI=1S/C23H23ClN2O6S/c1-14-21(25-23(28)31-15(2)18-6-4-5-7-19(18)24)22(32-26-14)17-10-8-16(9-11-17)12-33(29)13-20(27)30-3/h4-11,15H,12-13H2,1-3H3,(H,25,28). The smallest absolute Gasteiger partial charge is 0.412 e. The topological polar surface area (TPSA) is 108 Å². The van der Waals surface area contributed by atoms with Crippen LogP contribution >= 0.6 is 11.6 Å². The summed E-state index contributed by atoms with van der Waals surface area (Å²) < 4.78 is 27.5. The van der Waals surface area contributed by atoms with E-state index in [1.165, 1.54) is 7.11 Å². The number of ether oxygens (including phenoxy) is 2. The Morgan fingerprint density at radius 3 is 2.55 bits per heavy atom. The normalized spacial score (nSPS) is 12.6. The van der Waals surface area contributed by atoms with E-state index in [4.69, 9.17) is 20.9 Å². The van der Waals surface area contributed by atoms with Gasteiger partial charge < -0.3 is 14.0 Å². The number of hydrogen-bond donors (Lipinski definition) is 1. The van der Waals surface area contributed by atoms with Crippen molar-refractivity contribution in [3.8, 4) is 11.3 Å². The van der Waals surface area contributed by atoms with E-state index in [-0.39, 0.29) is 11.5 Å². The highest BCUT2D eigenvalue weighted by Crippen LogP contribution is 2.32. The molecule has 8 nitrogen and oxygen atoms in total. The van der Waals surface area contributed by atoms with E-state index in [9.17, 15) is 13.8 Å². The molecule has 1 heterocycles. The predicted molar refractivity (Wildman–Crippen MR) is 125 cm³/mol. The van der Waals surface area contributed by atoms with Crippen LogP contribution in [0.2, 0.25) is 5.02 Å². The summed E-state index contributed by atoms with van der Waals surface area (Å²) in [7, 11) is -0.120. The van der Waals surface area contributed by atoms with Crippen LogP contribution in [0.15, 0.2) is 53.1 Å². The molecular formula is C23H23ClN2O6S. The van der Waals surface area contributed by atoms with Crippen LogP contribution in [0.4, 0.5) is 10.5 Å². The van der Waals surface area contributed by atoms with Crippen LogP contribution in [-0.2, 0) is 30.8 Å². The van der Waals surface area contributed by atoms with Gasteiger partial charge in [0, 0.05) is 32.7 Å². The quantitative estimate of drug-likeness (QED) is 0.441. The summed E-state index contributed by atoms with van der Waals surface area (Å²) in [5.41, 5.74) is 2.99. The predicted octanol–water partition coefficient (Wildman–Crippen LogP) is 5.03. The maximum absolute atomic E-state index is 12.5. The lowest BCUT2D eigenvalue weighted by molar-refractivity contribution is -0.137. The molecule has 174 valence electrons. The minimum absolute atomic E-state index is 0.164. The van der Waals surface area contributed by atoms with E-state index in [1.54, 1.807) is 56.3 Å². The van der Waals surface area contributed by atoms with E-state index in [1.807, 2.05) is 6.07 Å². The first-order valence-corrected chi connectivity index (χ1v) is 11.8. The number of hydrogen-bond acceptors (Lipinski definition) is 7. The van der Waals surface area contributed by atoms with Crippen molar-refractivity contribution in [2.45, 2.75) is 25.7 Å². The van der Waals surface area contributed by atoms with Gasteiger partial charge >= 0.3 is 12.1 Å². The molecule has 0 saturated heterocycles. The average molecular weight is 491 g/mol. The van der Waals surface area contributed by atoms with Gasteiger partial charge in [-0.2, -0.15) is 0 Å². The number of anilines is 1. The molecule has 0 aliphatic heterocycles. The lowest BCUT2D eigenvalue weighted by Gasteiger charge is -2.15. The van der Waals surface area contributed by atoms with Crippen molar-refractivity contribution in [3.05, 3.63) is 70.4 Å². The van der Waals surface area contributed by atoms with Crippen LogP contribution < -0.4 is 5.32 Å². The summed E-state index contributed by atoms with van der Waals surface area (Å²) in [5, 5.41) is 7.14. The fourth-order valence-corrected chi connectivity index (χ4v) is 4.39. The molecule has 2 atom stereocenters. The van der Waals surface area contributed by atoms with Crippen LogP contribution in [0.3, 0.4) is 0 Å². The third-order valence-corrected chi connectivity index (χ3v) is 6.32. The number of rotatable bonds is 8. The minimum Gasteiger partial charge on any atom is -0.468 e. The van der Waals surface area contributed by atoms with E-state index in [0.29, 0.717) is 33.3 Å². The number of halogens is 1. The third kappa shape index (κ3) is 6.43. The highest BCUT2D eigenvalue weighted by molar-refractivity contribution is 7.84. The van der Waals surface area contributed by atoms with Gasteiger partial charge in [-0.25, -0.2) is 4.79 Å². The molecule has 3 aromatic rings. The molecule has 2 unspecified atom stereocenters. The largest absolute Gasteiger partial charge is 0.468 e. The molecule has 0 aliphatic rings. The summed E-state index contributed by atoms with van der Waals surface area (Å²) in [6, 6.07) is 14.2. The Morgan fingerprint density at radius 2 is 1.88 bits per heavy atom. The van der Waals surface area contributed by atoms with Crippen molar-refractivity contribution >= 4 is 40.2 Å². The van der Waals surface area contributed by atoms with Crippen LogP contribution in [0, 0.1) is 6.92 Å². The Balaban J connectivity index is 1.69. The molecule has 2 aromatic carbocycles. The summed E-state index contributed by atoms with van der Waals surface area (Å²) >= 11 is 6.17. The highest BCUT2D eigenvalue weighted by atomic mass is 35.5. The fraction of sp³-hybridized carbons (Fsp3) is 0.261. The summed E-state index contributed by atoms with van der Waals surface area (Å²) in [5.74, 6) is -0.115. The highest BCUT2D eigenvalue weighted by Gasteiger charge is 2.21. The zero-order chi connectivity index (χ0) is 24.0. The van der Waals surface area contributed by atoms with E-state index in [2.05, 4.69) is 15.2 Å². The molecule has 0 radical (unpaired) electrons. The van der Waals surface area contributed by atoms with E-state index < -0.39 is 29.0 Å². The zero-order valence-corrected chi connectivity index (χ0v) is 19.9. The molecular weight excluding hydrogens is 468 g/mol. The molecule has 1 N–H and O–H groups in total. The Hall–Kier alpha value is -3.17. The molecule has 33 heavy (non-hydrogen) atoms. The first kappa shape index (κ1) is 24.5. The SMILES string of the molecule is COC(=O)CS(=O)Cc1ccc(-c2onc(C)c2NC(=O)OC(C)c2ccccc2Cl)cc1. The van der Waals surface area contributed by atoms with Crippen molar-refractivity contribution in [1.29, 1.82) is 0 Å². The number of aromatic nitrogens is 1. The lowest BCUT2D eigenvalue weighted by Crippen LogP contribution is -2.17. The number of nitrogens with one attached hydrogen (secondary N) is 1. The number of carbonyl (C=O) groups is 2. The maximum atomic E-state index is 12.5. The zero-order valence-electron chi connectivity index (χ0n) is 18.3. The maximum Gasteiger partial charge on any atom is 0.412 e. The number of amides is 1. The Bertz CT molecular complexity index is 1160. The Labute approximate surface area is 198 Å².